The van der Waals surface area contributed by atoms with Crippen molar-refractivity contribution in [2.45, 2.75) is 20.8 Å². The normalized spacial score (nSPS) is 9.35. The number of H-pyrrole nitrogens is 2. The van der Waals surface area contributed by atoms with Crippen LogP contribution in [0.5, 0.6) is 0 Å². The Kier molecular flexibility index (Phi) is 4.33. The van der Waals surface area contributed by atoms with Gasteiger partial charge in [0.15, 0.2) is 11.6 Å². The van der Waals surface area contributed by atoms with Gasteiger partial charge in [-0.15, -0.1) is 0 Å². The van der Waals surface area contributed by atoms with Gasteiger partial charge in [-0.25, -0.2) is 9.97 Å². The van der Waals surface area contributed by atoms with Crippen LogP contribution in [0.3, 0.4) is 0 Å². The number of nitrogens with zero attached hydrogens (tertiary/aromatic N) is 2. The molecule has 0 atom stereocenters. The predicted molar refractivity (Wildman–Crippen MR) is 61.9 cm³/mol. The smallest absolute Gasteiger partial charge is 0.179 e. The van der Waals surface area contributed by atoms with E-state index in [4.69, 9.17) is 0 Å². The van der Waals surface area contributed by atoms with E-state index in [0.29, 0.717) is 11.4 Å². The van der Waals surface area contributed by atoms with Crippen molar-refractivity contribution in [3.8, 4) is 0 Å². The van der Waals surface area contributed by atoms with Gasteiger partial charge < -0.3 is 9.97 Å². The number of aromatic nitrogens is 4. The molecule has 6 heteroatoms. The molecule has 2 rings (SSSR count). The number of hydrogen-bond acceptors (Lipinski definition) is 4. The quantitative estimate of drug-likeness (QED) is 0.771. The molecule has 2 aromatic heterocycles. The third-order valence-electron chi connectivity index (χ3n) is 2.04. The molecule has 0 aromatic carbocycles. The monoisotopic (exact) mass is 234 g/mol. The summed E-state index contributed by atoms with van der Waals surface area (Å²) in [5, 5.41) is 0. The van der Waals surface area contributed by atoms with Crippen molar-refractivity contribution in [1.29, 1.82) is 0 Å². The molecule has 0 aliphatic rings. The fourth-order valence-corrected chi connectivity index (χ4v) is 1.16. The van der Waals surface area contributed by atoms with E-state index in [1.54, 1.807) is 0 Å². The number of hydrogen-bond donors (Lipinski definition) is 2. The van der Waals surface area contributed by atoms with Gasteiger partial charge in [-0.05, 0) is 6.92 Å². The summed E-state index contributed by atoms with van der Waals surface area (Å²) >= 11 is 0. The molecule has 0 aliphatic heterocycles. The highest BCUT2D eigenvalue weighted by molar-refractivity contribution is 5.93. The zero-order valence-electron chi connectivity index (χ0n) is 9.94. The van der Waals surface area contributed by atoms with E-state index in [0.717, 1.165) is 5.69 Å². The standard InChI is InChI=1S/C6H8N2O.C5H6N2O/c1-4-6(5(2)9)8-3-7-4;1-4(8)5-2-6-3-7-5/h3H,1-2H3,(H,7,8);2-3H,1H3,(H,6,7). The minimum atomic E-state index is 0.00810. The summed E-state index contributed by atoms with van der Waals surface area (Å²) in [5.41, 5.74) is 1.93. The van der Waals surface area contributed by atoms with Gasteiger partial charge in [0.1, 0.15) is 11.4 Å². The van der Waals surface area contributed by atoms with Gasteiger partial charge in [0.05, 0.1) is 18.9 Å². The Hall–Kier alpha value is -2.24. The summed E-state index contributed by atoms with van der Waals surface area (Å²) in [6.07, 6.45) is 4.51. The van der Waals surface area contributed by atoms with Crippen molar-refractivity contribution in [3.05, 3.63) is 35.9 Å². The van der Waals surface area contributed by atoms with E-state index >= 15 is 0 Å². The van der Waals surface area contributed by atoms with Gasteiger partial charge >= 0.3 is 0 Å². The predicted octanol–water partition coefficient (Wildman–Crippen LogP) is 1.53. The fourth-order valence-electron chi connectivity index (χ4n) is 1.16. The lowest BCUT2D eigenvalue weighted by molar-refractivity contribution is 0.100. The summed E-state index contributed by atoms with van der Waals surface area (Å²) in [5.74, 6) is 0.0243. The maximum absolute atomic E-state index is 10.6. The molecule has 0 saturated carbocycles. The second-order valence-corrected chi connectivity index (χ2v) is 3.45. The van der Waals surface area contributed by atoms with Crippen LogP contribution in [0.25, 0.3) is 0 Å². The summed E-state index contributed by atoms with van der Waals surface area (Å²) < 4.78 is 0. The topological polar surface area (TPSA) is 91.5 Å². The molecule has 0 aliphatic carbocycles. The van der Waals surface area contributed by atoms with Crippen molar-refractivity contribution in [2.75, 3.05) is 0 Å². The summed E-state index contributed by atoms with van der Waals surface area (Å²) in [4.78, 5) is 34.1. The van der Waals surface area contributed by atoms with Gasteiger partial charge in [0.2, 0.25) is 0 Å². The highest BCUT2D eigenvalue weighted by Gasteiger charge is 2.03. The molecule has 17 heavy (non-hydrogen) atoms. The van der Waals surface area contributed by atoms with E-state index in [-0.39, 0.29) is 11.6 Å². The second-order valence-electron chi connectivity index (χ2n) is 3.45. The molecule has 0 spiro atoms. The van der Waals surface area contributed by atoms with Crippen molar-refractivity contribution >= 4 is 11.6 Å². The fraction of sp³-hybridized carbons (Fsp3) is 0.273. The Morgan fingerprint density at radius 3 is 2.06 bits per heavy atom. The van der Waals surface area contributed by atoms with Crippen LogP contribution in [0.1, 0.15) is 40.5 Å². The molecule has 0 unspecified atom stereocenters. The zero-order valence-corrected chi connectivity index (χ0v) is 9.94. The second kappa shape index (κ2) is 5.74. The number of nitrogens with one attached hydrogen (secondary N) is 2. The first-order valence-corrected chi connectivity index (χ1v) is 5.02. The SMILES string of the molecule is CC(=O)c1cnc[nH]1.CC(=O)c1nc[nH]c1C. The number of imidazole rings is 2. The van der Waals surface area contributed by atoms with E-state index in [1.807, 2.05) is 6.92 Å². The molecule has 2 aromatic rings. The summed E-state index contributed by atoms with van der Waals surface area (Å²) in [6.45, 7) is 4.82. The number of aryl methyl sites for hydroxylation is 1. The molecule has 0 amide bonds. The Bertz CT molecular complexity index is 499. The van der Waals surface area contributed by atoms with Crippen LogP contribution in [-0.2, 0) is 0 Å². The zero-order chi connectivity index (χ0) is 12.8. The maximum atomic E-state index is 10.6. The average Bonchev–Trinajstić information content (AvgIpc) is 2.87. The van der Waals surface area contributed by atoms with Crippen LogP contribution in [-0.4, -0.2) is 31.5 Å². The molecule has 0 radical (unpaired) electrons. The molecule has 90 valence electrons. The summed E-state index contributed by atoms with van der Waals surface area (Å²) in [7, 11) is 0. The lowest BCUT2D eigenvalue weighted by Gasteiger charge is -1.86. The van der Waals surface area contributed by atoms with Crippen molar-refractivity contribution < 1.29 is 9.59 Å². The van der Waals surface area contributed by atoms with Crippen molar-refractivity contribution in [1.82, 2.24) is 19.9 Å². The molecule has 6 nitrogen and oxygen atoms in total. The largest absolute Gasteiger partial charge is 0.348 e. The van der Waals surface area contributed by atoms with Crippen molar-refractivity contribution in [2.24, 2.45) is 0 Å². The molecular weight excluding hydrogens is 220 g/mol. The minimum Gasteiger partial charge on any atom is -0.348 e. The molecule has 0 fully saturated rings. The lowest BCUT2D eigenvalue weighted by atomic mass is 10.3. The van der Waals surface area contributed by atoms with E-state index in [2.05, 4.69) is 19.9 Å². The Morgan fingerprint density at radius 2 is 1.82 bits per heavy atom. The summed E-state index contributed by atoms with van der Waals surface area (Å²) in [6, 6.07) is 0. The number of aromatic amines is 2. The van der Waals surface area contributed by atoms with Crippen LogP contribution in [0, 0.1) is 6.92 Å². The first-order valence-electron chi connectivity index (χ1n) is 5.02. The molecule has 0 saturated heterocycles. The molecule has 0 bridgehead atoms. The van der Waals surface area contributed by atoms with Crippen molar-refractivity contribution in [3.63, 3.8) is 0 Å². The first-order chi connectivity index (χ1) is 8.02. The lowest BCUT2D eigenvalue weighted by Crippen LogP contribution is -1.93. The van der Waals surface area contributed by atoms with Crippen LogP contribution in [0.15, 0.2) is 18.9 Å². The Labute approximate surface area is 98.5 Å². The average molecular weight is 234 g/mol. The van der Waals surface area contributed by atoms with Crippen LogP contribution in [0.4, 0.5) is 0 Å². The van der Waals surface area contributed by atoms with Crippen LogP contribution in [0.2, 0.25) is 0 Å². The number of Topliss-reactive ketones (excluding diaryl/α,β-unsaturated/α-hetero) is 2. The third kappa shape index (κ3) is 3.67. The Balaban J connectivity index is 0.000000171. The van der Waals surface area contributed by atoms with Gasteiger partial charge in [0.25, 0.3) is 0 Å². The highest BCUT2D eigenvalue weighted by Crippen LogP contribution is 1.99. The number of rotatable bonds is 2. The highest BCUT2D eigenvalue weighted by atomic mass is 16.1. The number of carbonyl (C=O) groups excluding carboxylic acids is 2. The van der Waals surface area contributed by atoms with E-state index in [9.17, 15) is 9.59 Å². The van der Waals surface area contributed by atoms with Gasteiger partial charge in [-0.2, -0.15) is 0 Å². The number of carbonyl (C=O) groups is 2. The van der Waals surface area contributed by atoms with E-state index in [1.165, 1.54) is 32.7 Å². The number of ketones is 2. The van der Waals surface area contributed by atoms with Gasteiger partial charge in [-0.1, -0.05) is 0 Å². The Morgan fingerprint density at radius 1 is 1.12 bits per heavy atom. The minimum absolute atomic E-state index is 0.00810. The van der Waals surface area contributed by atoms with E-state index < -0.39 is 0 Å². The molecule has 2 N–H and O–H groups in total. The van der Waals surface area contributed by atoms with Crippen LogP contribution >= 0.6 is 0 Å². The van der Waals surface area contributed by atoms with Crippen LogP contribution < -0.4 is 0 Å². The maximum Gasteiger partial charge on any atom is 0.179 e. The third-order valence-corrected chi connectivity index (χ3v) is 2.04. The van der Waals surface area contributed by atoms with Gasteiger partial charge in [0, 0.05) is 19.5 Å². The molecule has 2 heterocycles. The first kappa shape index (κ1) is 12.8. The molecular formula is C11H14N4O2. The van der Waals surface area contributed by atoms with Gasteiger partial charge in [-0.3, -0.25) is 9.59 Å².